The van der Waals surface area contributed by atoms with Crippen molar-refractivity contribution in [3.63, 3.8) is 0 Å². The molecule has 0 aromatic heterocycles. The zero-order valence-corrected chi connectivity index (χ0v) is 15.5. The molecule has 1 nitrogen and oxygen atoms in total. The van der Waals surface area contributed by atoms with Crippen LogP contribution in [0, 0.1) is 23.7 Å². The number of rotatable bonds is 14. The molecule has 0 saturated heterocycles. The Hall–Kier alpha value is -0.0400. The highest BCUT2D eigenvalue weighted by Gasteiger charge is 2.07. The van der Waals surface area contributed by atoms with E-state index in [4.69, 9.17) is 0 Å². The van der Waals surface area contributed by atoms with E-state index in [0.29, 0.717) is 5.92 Å². The van der Waals surface area contributed by atoms with Crippen LogP contribution < -0.4 is 0 Å². The Morgan fingerprint density at radius 2 is 0.857 bits per heavy atom. The molecule has 0 saturated carbocycles. The summed E-state index contributed by atoms with van der Waals surface area (Å²) in [5.41, 5.74) is 0. The van der Waals surface area contributed by atoms with Crippen molar-refractivity contribution in [3.8, 4) is 0 Å². The van der Waals surface area contributed by atoms with Crippen molar-refractivity contribution >= 4 is 0 Å². The highest BCUT2D eigenvalue weighted by Crippen LogP contribution is 2.22. The van der Waals surface area contributed by atoms with Gasteiger partial charge in [0.25, 0.3) is 0 Å². The van der Waals surface area contributed by atoms with Gasteiger partial charge in [-0.05, 0) is 30.1 Å². The van der Waals surface area contributed by atoms with Crippen LogP contribution in [-0.2, 0) is 5.11 Å². The SMILES string of the molecule is CC(C)CCC[C@@H](C)CCC[C@@H](C)CCCC(C)CC[O]. The summed E-state index contributed by atoms with van der Waals surface area (Å²) in [6.07, 6.45) is 13.2. The number of hydrogen-bond acceptors (Lipinski definition) is 0. The third kappa shape index (κ3) is 14.7. The maximum Gasteiger partial charge on any atom is 0.0824 e. The molecule has 0 fully saturated rings. The normalized spacial score (nSPS) is 16.1. The van der Waals surface area contributed by atoms with Crippen LogP contribution in [0.2, 0.25) is 0 Å². The molecule has 0 aliphatic rings. The van der Waals surface area contributed by atoms with E-state index in [-0.39, 0.29) is 6.61 Å². The summed E-state index contributed by atoms with van der Waals surface area (Å²) in [7, 11) is 0. The first-order valence-corrected chi connectivity index (χ1v) is 9.53. The van der Waals surface area contributed by atoms with Crippen LogP contribution in [0.3, 0.4) is 0 Å². The Labute approximate surface area is 134 Å². The Kier molecular flexibility index (Phi) is 13.6. The van der Waals surface area contributed by atoms with Crippen molar-refractivity contribution in [2.45, 2.75) is 98.8 Å². The van der Waals surface area contributed by atoms with Gasteiger partial charge in [0, 0.05) is 0 Å². The minimum absolute atomic E-state index is 0.103. The largest absolute Gasteiger partial charge is 0.237 e. The topological polar surface area (TPSA) is 19.9 Å². The molecule has 0 bridgehead atoms. The van der Waals surface area contributed by atoms with E-state index >= 15 is 0 Å². The van der Waals surface area contributed by atoms with E-state index in [0.717, 1.165) is 24.2 Å². The van der Waals surface area contributed by atoms with Crippen molar-refractivity contribution in [3.05, 3.63) is 0 Å². The summed E-state index contributed by atoms with van der Waals surface area (Å²) >= 11 is 0. The van der Waals surface area contributed by atoms with E-state index in [2.05, 4.69) is 34.6 Å². The minimum atomic E-state index is 0.103. The monoisotopic (exact) mass is 297 g/mol. The maximum absolute atomic E-state index is 10.6. The van der Waals surface area contributed by atoms with Gasteiger partial charge < -0.3 is 0 Å². The molecule has 1 heteroatoms. The second-order valence-electron chi connectivity index (χ2n) is 7.99. The average molecular weight is 298 g/mol. The predicted molar refractivity (Wildman–Crippen MR) is 94.1 cm³/mol. The van der Waals surface area contributed by atoms with E-state index in [9.17, 15) is 5.11 Å². The molecule has 0 heterocycles. The zero-order chi connectivity index (χ0) is 16.1. The van der Waals surface area contributed by atoms with Crippen molar-refractivity contribution < 1.29 is 5.11 Å². The first kappa shape index (κ1) is 21.0. The molecule has 1 radical (unpaired) electrons. The van der Waals surface area contributed by atoms with Gasteiger partial charge in [-0.1, -0.05) is 92.4 Å². The maximum atomic E-state index is 10.6. The van der Waals surface area contributed by atoms with Gasteiger partial charge in [0.2, 0.25) is 0 Å². The van der Waals surface area contributed by atoms with Crippen LogP contribution >= 0.6 is 0 Å². The van der Waals surface area contributed by atoms with Gasteiger partial charge in [-0.15, -0.1) is 0 Å². The molecule has 21 heavy (non-hydrogen) atoms. The quantitative estimate of drug-likeness (QED) is 0.333. The van der Waals surface area contributed by atoms with Crippen LogP contribution in [0.1, 0.15) is 98.8 Å². The molecule has 0 spiro atoms. The van der Waals surface area contributed by atoms with E-state index in [1.54, 1.807) is 0 Å². The van der Waals surface area contributed by atoms with Crippen molar-refractivity contribution in [1.82, 2.24) is 0 Å². The second kappa shape index (κ2) is 13.6. The fourth-order valence-corrected chi connectivity index (χ4v) is 3.14. The molecular formula is C20H41O. The van der Waals surface area contributed by atoms with Gasteiger partial charge in [0.05, 0.1) is 6.61 Å². The average Bonchev–Trinajstić information content (AvgIpc) is 2.38. The molecule has 0 rings (SSSR count). The Balaban J connectivity index is 3.45. The van der Waals surface area contributed by atoms with Gasteiger partial charge in [-0.3, -0.25) is 0 Å². The Morgan fingerprint density at radius 1 is 0.524 bits per heavy atom. The summed E-state index contributed by atoms with van der Waals surface area (Å²) in [6.45, 7) is 11.8. The van der Waals surface area contributed by atoms with E-state index in [1.807, 2.05) is 0 Å². The van der Waals surface area contributed by atoms with Crippen LogP contribution in [-0.4, -0.2) is 6.61 Å². The van der Waals surface area contributed by atoms with Crippen LogP contribution in [0.15, 0.2) is 0 Å². The fourth-order valence-electron chi connectivity index (χ4n) is 3.14. The third-order valence-corrected chi connectivity index (χ3v) is 4.88. The highest BCUT2D eigenvalue weighted by molar-refractivity contribution is 4.60. The molecule has 0 aliphatic heterocycles. The lowest BCUT2D eigenvalue weighted by Gasteiger charge is -2.16. The van der Waals surface area contributed by atoms with Gasteiger partial charge >= 0.3 is 0 Å². The van der Waals surface area contributed by atoms with Crippen molar-refractivity contribution in [1.29, 1.82) is 0 Å². The van der Waals surface area contributed by atoms with Gasteiger partial charge in [0.15, 0.2) is 0 Å². The van der Waals surface area contributed by atoms with Gasteiger partial charge in [-0.25, -0.2) is 5.11 Å². The molecule has 0 amide bonds. The second-order valence-corrected chi connectivity index (χ2v) is 7.99. The Morgan fingerprint density at radius 3 is 1.19 bits per heavy atom. The van der Waals surface area contributed by atoms with Gasteiger partial charge in [-0.2, -0.15) is 0 Å². The molecule has 0 N–H and O–H groups in total. The summed E-state index contributed by atoms with van der Waals surface area (Å²) in [5.74, 6) is 3.28. The highest BCUT2D eigenvalue weighted by atomic mass is 16.3. The molecule has 1 unspecified atom stereocenters. The first-order chi connectivity index (χ1) is 9.95. The summed E-state index contributed by atoms with van der Waals surface area (Å²) in [4.78, 5) is 0. The minimum Gasteiger partial charge on any atom is -0.237 e. The molecular weight excluding hydrogens is 256 g/mol. The smallest absolute Gasteiger partial charge is 0.0824 e. The van der Waals surface area contributed by atoms with Crippen molar-refractivity contribution in [2.75, 3.05) is 6.61 Å². The summed E-state index contributed by atoms with van der Waals surface area (Å²) < 4.78 is 0. The lowest BCUT2D eigenvalue weighted by molar-refractivity contribution is 0.170. The predicted octanol–water partition coefficient (Wildman–Crippen LogP) is 6.88. The standard InChI is InChI=1S/C20H41O/c1-17(2)9-6-10-18(3)11-7-12-19(4)13-8-14-20(5)15-16-21/h17-20H,6-16H2,1-5H3/t18-,19-,20?/m1/s1. The molecule has 0 aliphatic carbocycles. The first-order valence-electron chi connectivity index (χ1n) is 9.53. The van der Waals surface area contributed by atoms with Crippen molar-refractivity contribution in [2.24, 2.45) is 23.7 Å². The zero-order valence-electron chi connectivity index (χ0n) is 15.5. The molecule has 0 aromatic carbocycles. The summed E-state index contributed by atoms with van der Waals surface area (Å²) in [6, 6.07) is 0. The van der Waals surface area contributed by atoms with Crippen LogP contribution in [0.25, 0.3) is 0 Å². The molecule has 3 atom stereocenters. The number of hydrogen-bond donors (Lipinski definition) is 0. The third-order valence-electron chi connectivity index (χ3n) is 4.88. The molecule has 127 valence electrons. The lowest BCUT2D eigenvalue weighted by atomic mass is 9.91. The fraction of sp³-hybridized carbons (Fsp3) is 1.00. The summed E-state index contributed by atoms with van der Waals surface area (Å²) in [5, 5.41) is 10.6. The van der Waals surface area contributed by atoms with E-state index in [1.165, 1.54) is 57.8 Å². The van der Waals surface area contributed by atoms with Crippen LogP contribution in [0.5, 0.6) is 0 Å². The lowest BCUT2D eigenvalue weighted by Crippen LogP contribution is -2.02. The van der Waals surface area contributed by atoms with Crippen LogP contribution in [0.4, 0.5) is 0 Å². The van der Waals surface area contributed by atoms with Gasteiger partial charge in [0.1, 0.15) is 0 Å². The molecule has 0 aromatic rings. The van der Waals surface area contributed by atoms with E-state index < -0.39 is 0 Å². The Bertz CT molecular complexity index is 212.